The first-order valence-corrected chi connectivity index (χ1v) is 8.79. The number of nitrogens with one attached hydrogen (secondary N) is 1. The van der Waals surface area contributed by atoms with Gasteiger partial charge in [0.25, 0.3) is 0 Å². The van der Waals surface area contributed by atoms with Crippen LogP contribution in [0.1, 0.15) is 23.5 Å². The zero-order valence-corrected chi connectivity index (χ0v) is 14.5. The largest absolute Gasteiger partial charge is 0.383 e. The number of carbonyl (C=O) groups is 1. The number of nitrogen functional groups attached to an aromatic ring is 1. The van der Waals surface area contributed by atoms with Gasteiger partial charge in [0.15, 0.2) is 5.65 Å². The molecule has 0 spiro atoms. The number of rotatable bonds is 2. The number of nitrogens with two attached hydrogens (primary N) is 1. The molecule has 10 heteroatoms. The average molecular weight is 366 g/mol. The lowest BCUT2D eigenvalue weighted by Crippen LogP contribution is -2.38. The molecule has 10 nitrogen and oxygen atoms in total. The maximum absolute atomic E-state index is 12.4. The fourth-order valence-electron chi connectivity index (χ4n) is 3.65. The van der Waals surface area contributed by atoms with E-state index in [2.05, 4.69) is 25.4 Å². The van der Waals surface area contributed by atoms with E-state index >= 15 is 0 Å². The number of carbonyl (C=O) groups excluding carboxylic acids is 1. The smallest absolute Gasteiger partial charge is 0.229 e. The van der Waals surface area contributed by atoms with E-state index in [0.29, 0.717) is 55.1 Å². The van der Waals surface area contributed by atoms with Crippen molar-refractivity contribution in [3.63, 3.8) is 0 Å². The van der Waals surface area contributed by atoms with Crippen LogP contribution in [-0.2, 0) is 9.53 Å². The van der Waals surface area contributed by atoms with Crippen LogP contribution in [0.15, 0.2) is 24.7 Å². The zero-order valence-electron chi connectivity index (χ0n) is 14.5. The molecule has 3 N–H and O–H groups in total. The van der Waals surface area contributed by atoms with Crippen LogP contribution in [0.25, 0.3) is 5.65 Å². The summed E-state index contributed by atoms with van der Waals surface area (Å²) in [5.74, 6) is 0.921. The van der Waals surface area contributed by atoms with Crippen molar-refractivity contribution in [2.45, 2.75) is 12.3 Å². The number of amides is 1. The first kappa shape index (κ1) is 15.9. The third kappa shape index (κ3) is 2.65. The molecular weight excluding hydrogens is 348 g/mol. The highest BCUT2D eigenvalue weighted by Gasteiger charge is 2.33. The van der Waals surface area contributed by atoms with E-state index < -0.39 is 0 Å². The van der Waals surface area contributed by atoms with Gasteiger partial charge in [0, 0.05) is 48.9 Å². The first-order chi connectivity index (χ1) is 13.2. The van der Waals surface area contributed by atoms with Gasteiger partial charge in [-0.1, -0.05) is 0 Å². The Labute approximate surface area is 154 Å². The molecular formula is C17H18N8O2. The fraction of sp³-hybridized carbons (Fsp3) is 0.353. The Morgan fingerprint density at radius 2 is 2.11 bits per heavy atom. The highest BCUT2D eigenvalue weighted by Crippen LogP contribution is 2.40. The normalized spacial score (nSPS) is 19.8. The lowest BCUT2D eigenvalue weighted by Gasteiger charge is -2.30. The van der Waals surface area contributed by atoms with Crippen LogP contribution in [0.3, 0.4) is 0 Å². The Bertz CT molecular complexity index is 1030. The van der Waals surface area contributed by atoms with Crippen molar-refractivity contribution in [2.24, 2.45) is 0 Å². The van der Waals surface area contributed by atoms with Gasteiger partial charge in [0.2, 0.25) is 11.9 Å². The molecule has 0 aromatic carbocycles. The minimum absolute atomic E-state index is 0.117. The number of hydrogen-bond acceptors (Lipinski definition) is 8. The van der Waals surface area contributed by atoms with Crippen molar-refractivity contribution in [3.8, 4) is 0 Å². The summed E-state index contributed by atoms with van der Waals surface area (Å²) in [7, 11) is 0. The third-order valence-corrected chi connectivity index (χ3v) is 4.94. The van der Waals surface area contributed by atoms with E-state index in [1.807, 2.05) is 11.1 Å². The molecule has 3 aromatic heterocycles. The summed E-state index contributed by atoms with van der Waals surface area (Å²) in [6.45, 7) is 2.61. The standard InChI is InChI=1S/C17H18N8O2/c18-14-13-10(11-9-20-25-3-1-2-19-16(11)25)8-12(26)21-15(13)23-17(22-14)24-4-6-27-7-5-24/h1-3,9-10H,4-8H2,(H3,18,21,22,23,26). The van der Waals surface area contributed by atoms with Crippen molar-refractivity contribution in [1.82, 2.24) is 24.6 Å². The van der Waals surface area contributed by atoms with E-state index in [1.165, 1.54) is 0 Å². The second-order valence-corrected chi connectivity index (χ2v) is 6.56. The molecule has 2 aliphatic heterocycles. The Morgan fingerprint density at radius 3 is 2.96 bits per heavy atom. The van der Waals surface area contributed by atoms with Gasteiger partial charge in [-0.15, -0.1) is 0 Å². The Balaban J connectivity index is 1.61. The van der Waals surface area contributed by atoms with Crippen molar-refractivity contribution >= 4 is 29.1 Å². The van der Waals surface area contributed by atoms with E-state index in [1.54, 1.807) is 23.0 Å². The van der Waals surface area contributed by atoms with Crippen molar-refractivity contribution in [1.29, 1.82) is 0 Å². The SMILES string of the molecule is Nc1nc(N2CCOCC2)nc2c1C(c1cnn3cccnc13)CC(=O)N2. The first-order valence-electron chi connectivity index (χ1n) is 8.79. The summed E-state index contributed by atoms with van der Waals surface area (Å²) in [4.78, 5) is 27.9. The highest BCUT2D eigenvalue weighted by atomic mass is 16.5. The number of nitrogens with zero attached hydrogens (tertiary/aromatic N) is 6. The van der Waals surface area contributed by atoms with Gasteiger partial charge in [0.1, 0.15) is 11.6 Å². The number of ether oxygens (including phenoxy) is 1. The lowest BCUT2D eigenvalue weighted by atomic mass is 9.87. The van der Waals surface area contributed by atoms with Crippen molar-refractivity contribution in [2.75, 3.05) is 42.3 Å². The highest BCUT2D eigenvalue weighted by molar-refractivity contribution is 5.95. The number of fused-ring (bicyclic) bond motifs is 2. The van der Waals surface area contributed by atoms with Crippen molar-refractivity contribution < 1.29 is 9.53 Å². The summed E-state index contributed by atoms with van der Waals surface area (Å²) in [6, 6.07) is 1.80. The van der Waals surface area contributed by atoms with E-state index in [4.69, 9.17) is 10.5 Å². The van der Waals surface area contributed by atoms with Crippen LogP contribution in [0, 0.1) is 0 Å². The van der Waals surface area contributed by atoms with Gasteiger partial charge in [-0.2, -0.15) is 15.1 Å². The molecule has 0 aliphatic carbocycles. The minimum atomic E-state index is -0.292. The number of anilines is 3. The molecule has 138 valence electrons. The molecule has 1 saturated heterocycles. The summed E-state index contributed by atoms with van der Waals surface area (Å²) in [5, 5.41) is 7.18. The summed E-state index contributed by atoms with van der Waals surface area (Å²) < 4.78 is 7.05. The molecule has 27 heavy (non-hydrogen) atoms. The number of hydrogen-bond donors (Lipinski definition) is 2. The van der Waals surface area contributed by atoms with Crippen LogP contribution in [0.5, 0.6) is 0 Å². The van der Waals surface area contributed by atoms with E-state index in [0.717, 1.165) is 5.56 Å². The molecule has 3 aromatic rings. The maximum atomic E-state index is 12.4. The molecule has 5 rings (SSSR count). The van der Waals surface area contributed by atoms with Crippen LogP contribution in [0.2, 0.25) is 0 Å². The van der Waals surface area contributed by atoms with Gasteiger partial charge in [-0.05, 0) is 6.07 Å². The third-order valence-electron chi connectivity index (χ3n) is 4.94. The molecule has 2 aliphatic rings. The second-order valence-electron chi connectivity index (χ2n) is 6.56. The molecule has 1 fully saturated rings. The molecule has 1 unspecified atom stereocenters. The van der Waals surface area contributed by atoms with Gasteiger partial charge in [0.05, 0.1) is 19.4 Å². The second kappa shape index (κ2) is 6.16. The molecule has 5 heterocycles. The Morgan fingerprint density at radius 1 is 1.26 bits per heavy atom. The summed E-state index contributed by atoms with van der Waals surface area (Å²) in [6.07, 6.45) is 5.49. The van der Waals surface area contributed by atoms with Crippen LogP contribution in [0.4, 0.5) is 17.6 Å². The number of morpholine rings is 1. The molecule has 0 radical (unpaired) electrons. The monoisotopic (exact) mass is 366 g/mol. The van der Waals surface area contributed by atoms with Gasteiger partial charge < -0.3 is 20.7 Å². The zero-order chi connectivity index (χ0) is 18.4. The summed E-state index contributed by atoms with van der Waals surface area (Å²) in [5.41, 5.74) is 8.57. The summed E-state index contributed by atoms with van der Waals surface area (Å²) >= 11 is 0. The molecule has 0 bridgehead atoms. The average Bonchev–Trinajstić information content (AvgIpc) is 3.11. The van der Waals surface area contributed by atoms with Gasteiger partial charge in [-0.3, -0.25) is 4.79 Å². The van der Waals surface area contributed by atoms with Gasteiger partial charge in [-0.25, -0.2) is 9.50 Å². The lowest BCUT2D eigenvalue weighted by molar-refractivity contribution is -0.116. The van der Waals surface area contributed by atoms with Crippen molar-refractivity contribution in [3.05, 3.63) is 35.8 Å². The number of aromatic nitrogens is 5. The Hall–Kier alpha value is -3.27. The molecule has 1 amide bonds. The van der Waals surface area contributed by atoms with E-state index in [-0.39, 0.29) is 18.2 Å². The minimum Gasteiger partial charge on any atom is -0.383 e. The molecule has 0 saturated carbocycles. The predicted octanol–water partition coefficient (Wildman–Crippen LogP) is 0.412. The van der Waals surface area contributed by atoms with Crippen LogP contribution >= 0.6 is 0 Å². The fourth-order valence-corrected chi connectivity index (χ4v) is 3.65. The topological polar surface area (TPSA) is 124 Å². The van der Waals surface area contributed by atoms with Crippen LogP contribution in [-0.4, -0.2) is 56.8 Å². The predicted molar refractivity (Wildman–Crippen MR) is 97.6 cm³/mol. The quantitative estimate of drug-likeness (QED) is 0.668. The van der Waals surface area contributed by atoms with Gasteiger partial charge >= 0.3 is 0 Å². The molecule has 1 atom stereocenters. The Kier molecular flexibility index (Phi) is 3.64. The maximum Gasteiger partial charge on any atom is 0.229 e. The van der Waals surface area contributed by atoms with E-state index in [9.17, 15) is 4.79 Å². The van der Waals surface area contributed by atoms with Crippen LogP contribution < -0.4 is 16.0 Å².